The molecule has 0 saturated carbocycles. The zero-order valence-electron chi connectivity index (χ0n) is 27.4. The Morgan fingerprint density at radius 3 is 1.57 bits per heavy atom. The molecule has 3 aromatic heterocycles. The molecule has 0 aliphatic heterocycles. The van der Waals surface area contributed by atoms with E-state index in [4.69, 9.17) is 19.9 Å². The first kappa shape index (κ1) is 29.4. The van der Waals surface area contributed by atoms with Gasteiger partial charge in [-0.2, -0.15) is 0 Å². The first-order chi connectivity index (χ1) is 25.3. The van der Waals surface area contributed by atoms with Crippen LogP contribution in [0.4, 0.5) is 0 Å². The molecular weight excluding hydrogens is 641 g/mol. The van der Waals surface area contributed by atoms with Crippen LogP contribution in [-0.2, 0) is 0 Å². The molecule has 0 bridgehead atoms. The lowest BCUT2D eigenvalue weighted by Crippen LogP contribution is -2.00. The van der Waals surface area contributed by atoms with Crippen LogP contribution in [0.5, 0.6) is 0 Å². The maximum absolute atomic E-state index is 5.37. The Hall–Kier alpha value is -6.56. The fourth-order valence-corrected chi connectivity index (χ4v) is 8.19. The maximum Gasteiger partial charge on any atom is 0.164 e. The minimum Gasteiger partial charge on any atom is -0.247 e. The molecule has 0 amide bonds. The van der Waals surface area contributed by atoms with Gasteiger partial charge in [0.2, 0.25) is 0 Å². The van der Waals surface area contributed by atoms with Gasteiger partial charge in [-0.05, 0) is 35.4 Å². The quantitative estimate of drug-likeness (QED) is 0.171. The zero-order chi connectivity index (χ0) is 33.7. The molecule has 0 aliphatic carbocycles. The van der Waals surface area contributed by atoms with E-state index in [0.717, 1.165) is 55.4 Å². The summed E-state index contributed by atoms with van der Waals surface area (Å²) >= 11 is 1.85. The van der Waals surface area contributed by atoms with Gasteiger partial charge in [0.25, 0.3) is 0 Å². The number of nitrogens with zero attached hydrogens (tertiary/aromatic N) is 4. The largest absolute Gasteiger partial charge is 0.247 e. The molecular formula is C46H28N4S. The fourth-order valence-electron chi connectivity index (χ4n) is 7.08. The topological polar surface area (TPSA) is 51.6 Å². The maximum atomic E-state index is 5.37. The van der Waals surface area contributed by atoms with Crippen molar-refractivity contribution >= 4 is 53.2 Å². The van der Waals surface area contributed by atoms with E-state index in [1.165, 1.54) is 25.6 Å². The summed E-state index contributed by atoms with van der Waals surface area (Å²) in [6.45, 7) is 0. The minimum absolute atomic E-state index is 0.632. The number of fused-ring (bicyclic) bond motifs is 7. The van der Waals surface area contributed by atoms with Crippen LogP contribution in [0.25, 0.3) is 98.4 Å². The highest BCUT2D eigenvalue weighted by molar-refractivity contribution is 7.26. The van der Waals surface area contributed by atoms with Crippen molar-refractivity contribution in [2.24, 2.45) is 0 Å². The van der Waals surface area contributed by atoms with Crippen molar-refractivity contribution in [3.05, 3.63) is 170 Å². The predicted octanol–water partition coefficient (Wildman–Crippen LogP) is 12.3. The molecule has 0 atom stereocenters. The Labute approximate surface area is 298 Å². The third-order valence-corrected chi connectivity index (χ3v) is 10.6. The normalized spacial score (nSPS) is 11.5. The highest BCUT2D eigenvalue weighted by Crippen LogP contribution is 2.44. The molecule has 0 saturated heterocycles. The van der Waals surface area contributed by atoms with Crippen LogP contribution in [-0.4, -0.2) is 19.9 Å². The molecule has 4 nitrogen and oxygen atoms in total. The molecule has 0 radical (unpaired) electrons. The Kier molecular flexibility index (Phi) is 6.96. The van der Waals surface area contributed by atoms with Gasteiger partial charge in [-0.1, -0.05) is 146 Å². The molecule has 10 aromatic rings. The Morgan fingerprint density at radius 1 is 0.314 bits per heavy atom. The number of pyridine rings is 1. The molecule has 5 heteroatoms. The van der Waals surface area contributed by atoms with Crippen molar-refractivity contribution in [3.8, 4) is 56.5 Å². The van der Waals surface area contributed by atoms with Gasteiger partial charge in [0.15, 0.2) is 17.5 Å². The second kappa shape index (κ2) is 12.1. The van der Waals surface area contributed by atoms with Crippen molar-refractivity contribution in [2.45, 2.75) is 0 Å². The van der Waals surface area contributed by atoms with Gasteiger partial charge in [-0.15, -0.1) is 11.3 Å². The lowest BCUT2D eigenvalue weighted by molar-refractivity contribution is 1.07. The molecule has 0 aliphatic rings. The van der Waals surface area contributed by atoms with E-state index in [0.29, 0.717) is 17.5 Å². The van der Waals surface area contributed by atoms with Gasteiger partial charge in [-0.25, -0.2) is 19.9 Å². The van der Waals surface area contributed by atoms with Gasteiger partial charge in [0, 0.05) is 58.6 Å². The molecule has 0 N–H and O–H groups in total. The van der Waals surface area contributed by atoms with Crippen molar-refractivity contribution < 1.29 is 0 Å². The van der Waals surface area contributed by atoms with Crippen LogP contribution in [0, 0.1) is 0 Å². The third-order valence-electron chi connectivity index (χ3n) is 9.50. The van der Waals surface area contributed by atoms with Gasteiger partial charge in [0.05, 0.1) is 11.2 Å². The smallest absolute Gasteiger partial charge is 0.164 e. The standard InChI is InChI=1S/C46H28N4S/c1-4-13-29(14-5-1)43-37-25-26-40-42(36-21-10-11-22-39(36)51-40)41(37)35-24-23-33(28-38(35)47-43)32-19-12-20-34(27-32)46-49-44(30-15-6-2-7-16-30)48-45(50-46)31-17-8-3-9-18-31/h1-28H. The van der Waals surface area contributed by atoms with Crippen LogP contribution >= 0.6 is 11.3 Å². The van der Waals surface area contributed by atoms with E-state index >= 15 is 0 Å². The summed E-state index contributed by atoms with van der Waals surface area (Å²) in [5.74, 6) is 1.92. The molecule has 238 valence electrons. The molecule has 0 spiro atoms. The number of hydrogen-bond donors (Lipinski definition) is 0. The number of thiophene rings is 1. The number of benzene rings is 7. The Bertz CT molecular complexity index is 2840. The molecule has 51 heavy (non-hydrogen) atoms. The van der Waals surface area contributed by atoms with Crippen LogP contribution in [0.15, 0.2) is 170 Å². The minimum atomic E-state index is 0.632. The summed E-state index contributed by atoms with van der Waals surface area (Å²) in [6.07, 6.45) is 0. The molecule has 3 heterocycles. The highest BCUT2D eigenvalue weighted by Gasteiger charge is 2.18. The molecule has 10 rings (SSSR count). The Morgan fingerprint density at radius 2 is 0.863 bits per heavy atom. The summed E-state index contributed by atoms with van der Waals surface area (Å²) < 4.78 is 2.58. The molecule has 7 aromatic carbocycles. The Balaban J connectivity index is 1.16. The van der Waals surface area contributed by atoms with E-state index < -0.39 is 0 Å². The second-order valence-corrected chi connectivity index (χ2v) is 13.7. The highest BCUT2D eigenvalue weighted by atomic mass is 32.1. The zero-order valence-corrected chi connectivity index (χ0v) is 28.2. The van der Waals surface area contributed by atoms with Gasteiger partial charge in [0.1, 0.15) is 0 Å². The van der Waals surface area contributed by atoms with Crippen molar-refractivity contribution in [1.82, 2.24) is 19.9 Å². The van der Waals surface area contributed by atoms with Crippen molar-refractivity contribution in [3.63, 3.8) is 0 Å². The lowest BCUT2D eigenvalue weighted by atomic mass is 9.94. The summed E-state index contributed by atoms with van der Waals surface area (Å²) in [7, 11) is 0. The third kappa shape index (κ3) is 5.14. The average Bonchev–Trinajstić information content (AvgIpc) is 3.60. The van der Waals surface area contributed by atoms with E-state index in [9.17, 15) is 0 Å². The van der Waals surface area contributed by atoms with Crippen LogP contribution in [0.2, 0.25) is 0 Å². The summed E-state index contributed by atoms with van der Waals surface area (Å²) in [4.78, 5) is 20.2. The molecule has 0 fully saturated rings. The van der Waals surface area contributed by atoms with Gasteiger partial charge in [-0.3, -0.25) is 0 Å². The fraction of sp³-hybridized carbons (Fsp3) is 0. The molecule has 0 unspecified atom stereocenters. The monoisotopic (exact) mass is 668 g/mol. The van der Waals surface area contributed by atoms with Crippen LogP contribution < -0.4 is 0 Å². The van der Waals surface area contributed by atoms with Crippen LogP contribution in [0.1, 0.15) is 0 Å². The van der Waals surface area contributed by atoms with Crippen LogP contribution in [0.3, 0.4) is 0 Å². The van der Waals surface area contributed by atoms with E-state index in [2.05, 4.69) is 109 Å². The first-order valence-electron chi connectivity index (χ1n) is 17.0. The first-order valence-corrected chi connectivity index (χ1v) is 17.8. The number of hydrogen-bond acceptors (Lipinski definition) is 5. The second-order valence-electron chi connectivity index (χ2n) is 12.6. The number of rotatable bonds is 5. The van der Waals surface area contributed by atoms with E-state index in [1.54, 1.807) is 0 Å². The average molecular weight is 669 g/mol. The summed E-state index contributed by atoms with van der Waals surface area (Å²) in [5.41, 5.74) is 8.03. The van der Waals surface area contributed by atoms with E-state index in [-0.39, 0.29) is 0 Å². The predicted molar refractivity (Wildman–Crippen MR) is 213 cm³/mol. The van der Waals surface area contributed by atoms with Crippen molar-refractivity contribution in [2.75, 3.05) is 0 Å². The van der Waals surface area contributed by atoms with Gasteiger partial charge < -0.3 is 0 Å². The number of aromatic nitrogens is 4. The summed E-state index contributed by atoms with van der Waals surface area (Å²) in [5, 5.41) is 6.15. The summed E-state index contributed by atoms with van der Waals surface area (Å²) in [6, 6.07) is 59.1. The SMILES string of the molecule is c1ccc(-c2nc(-c3ccccc3)nc(-c3cccc(-c4ccc5c(c4)nc(-c4ccccc4)c4ccc6sc7ccccc7c6c45)c3)n2)cc1. The van der Waals surface area contributed by atoms with Crippen molar-refractivity contribution in [1.29, 1.82) is 0 Å². The van der Waals surface area contributed by atoms with E-state index in [1.807, 2.05) is 72.0 Å². The lowest BCUT2D eigenvalue weighted by Gasteiger charge is -2.13. The van der Waals surface area contributed by atoms with Gasteiger partial charge >= 0.3 is 0 Å².